The van der Waals surface area contributed by atoms with E-state index in [2.05, 4.69) is 4.98 Å². The highest BCUT2D eigenvalue weighted by molar-refractivity contribution is 5.92. The van der Waals surface area contributed by atoms with E-state index in [0.717, 1.165) is 10.9 Å². The minimum Gasteiger partial charge on any atom is -0.497 e. The van der Waals surface area contributed by atoms with Crippen molar-refractivity contribution in [3.8, 4) is 17.0 Å². The first kappa shape index (κ1) is 13.8. The Bertz CT molecular complexity index is 883. The molecule has 6 heteroatoms. The van der Waals surface area contributed by atoms with Crippen LogP contribution in [0.15, 0.2) is 42.5 Å². The van der Waals surface area contributed by atoms with Gasteiger partial charge in [-0.15, -0.1) is 0 Å². The maximum absolute atomic E-state index is 11.3. The first-order chi connectivity index (χ1) is 10.6. The number of methoxy groups -OCH3 is 1. The molecule has 0 radical (unpaired) electrons. The minimum atomic E-state index is -0.537. The van der Waals surface area contributed by atoms with Gasteiger partial charge in [-0.1, -0.05) is 6.07 Å². The fourth-order valence-corrected chi connectivity index (χ4v) is 2.46. The van der Waals surface area contributed by atoms with Crippen LogP contribution in [0.1, 0.15) is 10.4 Å². The van der Waals surface area contributed by atoms with Gasteiger partial charge < -0.3 is 9.72 Å². The summed E-state index contributed by atoms with van der Waals surface area (Å²) in [5.41, 5.74) is 1.65. The molecule has 1 heterocycles. The van der Waals surface area contributed by atoms with Gasteiger partial charge in [0.25, 0.3) is 5.69 Å². The Labute approximate surface area is 125 Å². The highest BCUT2D eigenvalue weighted by Crippen LogP contribution is 2.34. The Morgan fingerprint density at radius 3 is 2.73 bits per heavy atom. The molecule has 0 aliphatic rings. The Morgan fingerprint density at radius 1 is 1.23 bits per heavy atom. The summed E-state index contributed by atoms with van der Waals surface area (Å²) < 4.78 is 5.17. The molecular formula is C16H12N2O4. The zero-order valence-corrected chi connectivity index (χ0v) is 11.7. The number of nitrogens with one attached hydrogen (secondary N) is 1. The first-order valence-electron chi connectivity index (χ1n) is 6.53. The lowest BCUT2D eigenvalue weighted by molar-refractivity contribution is -0.384. The van der Waals surface area contributed by atoms with Crippen molar-refractivity contribution in [1.29, 1.82) is 0 Å². The predicted molar refractivity (Wildman–Crippen MR) is 82.3 cm³/mol. The van der Waals surface area contributed by atoms with E-state index in [4.69, 9.17) is 4.74 Å². The SMILES string of the molecule is COc1ccc2[nH]c(-c3cccc(C=O)c3[N+](=O)[O-])cc2c1. The molecule has 0 fully saturated rings. The number of nitrogens with zero attached hydrogens (tertiary/aromatic N) is 1. The van der Waals surface area contributed by atoms with Crippen LogP contribution in [-0.2, 0) is 0 Å². The molecule has 0 amide bonds. The second-order valence-electron chi connectivity index (χ2n) is 4.75. The van der Waals surface area contributed by atoms with Gasteiger partial charge in [0.05, 0.1) is 28.9 Å². The zero-order chi connectivity index (χ0) is 15.7. The van der Waals surface area contributed by atoms with E-state index in [1.54, 1.807) is 31.4 Å². The van der Waals surface area contributed by atoms with Crippen LogP contribution in [0.2, 0.25) is 0 Å². The van der Waals surface area contributed by atoms with E-state index in [0.29, 0.717) is 23.3 Å². The van der Waals surface area contributed by atoms with E-state index in [-0.39, 0.29) is 11.3 Å². The number of para-hydroxylation sites is 1. The van der Waals surface area contributed by atoms with Crippen molar-refractivity contribution in [1.82, 2.24) is 4.98 Å². The molecule has 3 aromatic rings. The molecule has 110 valence electrons. The van der Waals surface area contributed by atoms with Gasteiger partial charge in [0.2, 0.25) is 0 Å². The van der Waals surface area contributed by atoms with E-state index in [1.807, 2.05) is 12.1 Å². The third-order valence-electron chi connectivity index (χ3n) is 3.49. The molecular weight excluding hydrogens is 284 g/mol. The lowest BCUT2D eigenvalue weighted by atomic mass is 10.1. The van der Waals surface area contributed by atoms with Crippen LogP contribution in [0.25, 0.3) is 22.2 Å². The van der Waals surface area contributed by atoms with Gasteiger partial charge in [-0.25, -0.2) is 0 Å². The van der Waals surface area contributed by atoms with E-state index < -0.39 is 4.92 Å². The Kier molecular flexibility index (Phi) is 3.34. The van der Waals surface area contributed by atoms with Crippen LogP contribution in [0.3, 0.4) is 0 Å². The van der Waals surface area contributed by atoms with Crippen molar-refractivity contribution >= 4 is 22.9 Å². The molecule has 0 unspecified atom stereocenters. The normalized spacial score (nSPS) is 10.6. The number of ether oxygens (including phenoxy) is 1. The van der Waals surface area contributed by atoms with Gasteiger partial charge in [-0.05, 0) is 36.4 Å². The van der Waals surface area contributed by atoms with Crippen molar-refractivity contribution in [3.05, 3.63) is 58.1 Å². The predicted octanol–water partition coefficient (Wildman–Crippen LogP) is 3.56. The van der Waals surface area contributed by atoms with Crippen LogP contribution in [0.5, 0.6) is 5.75 Å². The lowest BCUT2D eigenvalue weighted by Gasteiger charge is -2.02. The third-order valence-corrected chi connectivity index (χ3v) is 3.49. The molecule has 0 bridgehead atoms. The summed E-state index contributed by atoms with van der Waals surface area (Å²) in [4.78, 5) is 24.9. The molecule has 0 saturated carbocycles. The summed E-state index contributed by atoms with van der Waals surface area (Å²) >= 11 is 0. The highest BCUT2D eigenvalue weighted by atomic mass is 16.6. The molecule has 0 aliphatic heterocycles. The number of aromatic nitrogens is 1. The van der Waals surface area contributed by atoms with Gasteiger partial charge in [0, 0.05) is 10.9 Å². The van der Waals surface area contributed by atoms with Crippen molar-refractivity contribution in [2.75, 3.05) is 7.11 Å². The van der Waals surface area contributed by atoms with Gasteiger partial charge >= 0.3 is 0 Å². The first-order valence-corrected chi connectivity index (χ1v) is 6.53. The van der Waals surface area contributed by atoms with E-state index in [1.165, 1.54) is 6.07 Å². The Morgan fingerprint density at radius 2 is 2.05 bits per heavy atom. The number of hydrogen-bond acceptors (Lipinski definition) is 4. The minimum absolute atomic E-state index is 0.0544. The number of rotatable bonds is 4. The van der Waals surface area contributed by atoms with Crippen molar-refractivity contribution in [2.45, 2.75) is 0 Å². The summed E-state index contributed by atoms with van der Waals surface area (Å²) in [7, 11) is 1.58. The van der Waals surface area contributed by atoms with Crippen molar-refractivity contribution in [2.24, 2.45) is 0 Å². The molecule has 3 rings (SSSR count). The lowest BCUT2D eigenvalue weighted by Crippen LogP contribution is -1.97. The average molecular weight is 296 g/mol. The quantitative estimate of drug-likeness (QED) is 0.453. The molecule has 22 heavy (non-hydrogen) atoms. The Balaban J connectivity index is 2.23. The number of benzene rings is 2. The van der Waals surface area contributed by atoms with Crippen LogP contribution >= 0.6 is 0 Å². The number of fused-ring (bicyclic) bond motifs is 1. The molecule has 1 N–H and O–H groups in total. The van der Waals surface area contributed by atoms with Gasteiger partial charge in [-0.2, -0.15) is 0 Å². The zero-order valence-electron chi connectivity index (χ0n) is 11.7. The second kappa shape index (κ2) is 5.33. The Hall–Kier alpha value is -3.15. The summed E-state index contributed by atoms with van der Waals surface area (Å²) in [5, 5.41) is 12.2. The summed E-state index contributed by atoms with van der Waals surface area (Å²) in [6.07, 6.45) is 0.493. The summed E-state index contributed by atoms with van der Waals surface area (Å²) in [6, 6.07) is 12.0. The number of aromatic amines is 1. The summed E-state index contributed by atoms with van der Waals surface area (Å²) in [6.45, 7) is 0. The van der Waals surface area contributed by atoms with Crippen LogP contribution in [0, 0.1) is 10.1 Å². The number of H-pyrrole nitrogens is 1. The molecule has 0 spiro atoms. The topological polar surface area (TPSA) is 85.2 Å². The van der Waals surface area contributed by atoms with E-state index in [9.17, 15) is 14.9 Å². The number of carbonyl (C=O) groups excluding carboxylic acids is 1. The smallest absolute Gasteiger partial charge is 0.289 e. The maximum Gasteiger partial charge on any atom is 0.289 e. The van der Waals surface area contributed by atoms with Gasteiger partial charge in [0.15, 0.2) is 6.29 Å². The fraction of sp³-hybridized carbons (Fsp3) is 0.0625. The molecule has 0 saturated heterocycles. The standard InChI is InChI=1S/C16H12N2O4/c1-22-12-5-6-14-11(7-12)8-15(17-14)13-4-2-3-10(9-19)16(13)18(20)21/h2-9,17H,1H3. The number of nitro benzene ring substituents is 1. The molecule has 0 aliphatic carbocycles. The monoisotopic (exact) mass is 296 g/mol. The summed E-state index contributed by atoms with van der Waals surface area (Å²) in [5.74, 6) is 0.703. The molecule has 0 atom stereocenters. The van der Waals surface area contributed by atoms with Crippen molar-refractivity contribution in [3.63, 3.8) is 0 Å². The fourth-order valence-electron chi connectivity index (χ4n) is 2.46. The van der Waals surface area contributed by atoms with Crippen LogP contribution in [0.4, 0.5) is 5.69 Å². The van der Waals surface area contributed by atoms with Crippen molar-refractivity contribution < 1.29 is 14.5 Å². The van der Waals surface area contributed by atoms with Crippen LogP contribution < -0.4 is 4.74 Å². The van der Waals surface area contributed by atoms with Crippen LogP contribution in [-0.4, -0.2) is 23.3 Å². The third kappa shape index (κ3) is 2.20. The number of carbonyl (C=O) groups is 1. The van der Waals surface area contributed by atoms with Gasteiger partial charge in [-0.3, -0.25) is 14.9 Å². The molecule has 2 aromatic carbocycles. The highest BCUT2D eigenvalue weighted by Gasteiger charge is 2.21. The maximum atomic E-state index is 11.3. The number of nitro groups is 1. The van der Waals surface area contributed by atoms with Gasteiger partial charge in [0.1, 0.15) is 5.75 Å². The second-order valence-corrected chi connectivity index (χ2v) is 4.75. The average Bonchev–Trinajstić information content (AvgIpc) is 2.96. The molecule has 1 aromatic heterocycles. The largest absolute Gasteiger partial charge is 0.497 e. The van der Waals surface area contributed by atoms with E-state index >= 15 is 0 Å². The number of aldehydes is 1. The number of hydrogen-bond donors (Lipinski definition) is 1. The molecule has 6 nitrogen and oxygen atoms in total.